The van der Waals surface area contributed by atoms with Crippen LogP contribution >= 0.6 is 0 Å². The van der Waals surface area contributed by atoms with Crippen LogP contribution in [0.1, 0.15) is 32.1 Å². The maximum atomic E-state index is 5.97. The zero-order valence-electron chi connectivity index (χ0n) is 7.68. The lowest BCUT2D eigenvalue weighted by molar-refractivity contribution is -0.0242. The van der Waals surface area contributed by atoms with Gasteiger partial charge in [0.15, 0.2) is 0 Å². The Hall–Kier alpha value is -0.520. The molecule has 1 aliphatic rings. The highest BCUT2D eigenvalue weighted by Crippen LogP contribution is 2.35. The lowest BCUT2D eigenvalue weighted by Crippen LogP contribution is -2.47. The minimum atomic E-state index is -0.119. The fourth-order valence-electron chi connectivity index (χ4n) is 2.01. The number of hydrogen-bond donors (Lipinski definition) is 1. The van der Waals surface area contributed by atoms with Gasteiger partial charge < -0.3 is 10.5 Å². The Morgan fingerprint density at radius 3 is 2.58 bits per heavy atom. The van der Waals surface area contributed by atoms with Crippen molar-refractivity contribution in [2.45, 2.75) is 43.7 Å². The van der Waals surface area contributed by atoms with Gasteiger partial charge in [-0.1, -0.05) is 12.8 Å². The highest BCUT2D eigenvalue weighted by molar-refractivity contribution is 5.01. The normalized spacial score (nSPS) is 23.4. The number of ether oxygens (including phenoxy) is 1. The van der Waals surface area contributed by atoms with Gasteiger partial charge in [-0.3, -0.25) is 0 Å². The summed E-state index contributed by atoms with van der Waals surface area (Å²) in [5.41, 5.74) is 5.85. The van der Waals surface area contributed by atoms with Gasteiger partial charge in [-0.25, -0.2) is 0 Å². The lowest BCUT2D eigenvalue weighted by atomic mass is 9.91. The average Bonchev–Trinajstić information content (AvgIpc) is 2.54. The first kappa shape index (κ1) is 9.57. The van der Waals surface area contributed by atoms with Crippen molar-refractivity contribution in [2.24, 2.45) is 5.73 Å². The molecule has 0 aromatic carbocycles. The largest absolute Gasteiger partial charge is 0.377 e. The third-order valence-corrected chi connectivity index (χ3v) is 2.87. The Morgan fingerprint density at radius 2 is 2.17 bits per heavy atom. The molecular weight excluding hydrogens is 150 g/mol. The summed E-state index contributed by atoms with van der Waals surface area (Å²) in [6, 6.07) is 0.00926. The standard InChI is InChI=1S/C10H17NO/c1-3-6-9(11)10(12-2)7-4-5-8-10/h1,9H,4-8,11H2,2H3. The van der Waals surface area contributed by atoms with Crippen LogP contribution in [0, 0.1) is 12.3 Å². The molecule has 0 aromatic heterocycles. The molecule has 1 atom stereocenters. The van der Waals surface area contributed by atoms with Gasteiger partial charge in [-0.05, 0) is 12.8 Å². The SMILES string of the molecule is C#CCC(N)C1(OC)CCCC1. The molecule has 1 unspecified atom stereocenters. The van der Waals surface area contributed by atoms with Crippen LogP contribution in [0.25, 0.3) is 0 Å². The summed E-state index contributed by atoms with van der Waals surface area (Å²) in [6.45, 7) is 0. The molecule has 1 saturated carbocycles. The van der Waals surface area contributed by atoms with Gasteiger partial charge >= 0.3 is 0 Å². The molecule has 0 saturated heterocycles. The Morgan fingerprint density at radius 1 is 1.58 bits per heavy atom. The van der Waals surface area contributed by atoms with E-state index in [4.69, 9.17) is 16.9 Å². The predicted molar refractivity (Wildman–Crippen MR) is 49.6 cm³/mol. The molecule has 0 heterocycles. The van der Waals surface area contributed by atoms with E-state index in [1.165, 1.54) is 12.8 Å². The Balaban J connectivity index is 2.60. The summed E-state index contributed by atoms with van der Waals surface area (Å²) >= 11 is 0. The molecule has 0 aliphatic heterocycles. The first-order valence-electron chi connectivity index (χ1n) is 4.49. The Kier molecular flexibility index (Phi) is 3.13. The molecule has 0 aromatic rings. The quantitative estimate of drug-likeness (QED) is 0.643. The Bertz CT molecular complexity index is 177. The molecule has 12 heavy (non-hydrogen) atoms. The Labute approximate surface area is 74.5 Å². The molecule has 0 amide bonds. The molecule has 0 radical (unpaired) electrons. The molecule has 1 fully saturated rings. The summed E-state index contributed by atoms with van der Waals surface area (Å²) in [7, 11) is 1.74. The first-order chi connectivity index (χ1) is 5.75. The first-order valence-corrected chi connectivity index (χ1v) is 4.49. The minimum absolute atomic E-state index is 0.00926. The second kappa shape index (κ2) is 3.93. The molecular formula is C10H17NO. The van der Waals surface area contributed by atoms with Crippen LogP contribution < -0.4 is 5.73 Å². The van der Waals surface area contributed by atoms with Crippen molar-refractivity contribution < 1.29 is 4.74 Å². The zero-order valence-corrected chi connectivity index (χ0v) is 7.68. The van der Waals surface area contributed by atoms with Crippen molar-refractivity contribution in [2.75, 3.05) is 7.11 Å². The summed E-state index contributed by atoms with van der Waals surface area (Å²) in [6.07, 6.45) is 10.4. The van der Waals surface area contributed by atoms with E-state index in [1.807, 2.05) is 0 Å². The van der Waals surface area contributed by atoms with E-state index in [2.05, 4.69) is 5.92 Å². The number of rotatable bonds is 3. The highest BCUT2D eigenvalue weighted by atomic mass is 16.5. The molecule has 2 N–H and O–H groups in total. The fourth-order valence-corrected chi connectivity index (χ4v) is 2.01. The summed E-state index contributed by atoms with van der Waals surface area (Å²) in [4.78, 5) is 0. The lowest BCUT2D eigenvalue weighted by Gasteiger charge is -2.32. The van der Waals surface area contributed by atoms with Crippen LogP contribution in [0.15, 0.2) is 0 Å². The average molecular weight is 167 g/mol. The summed E-state index contributed by atoms with van der Waals surface area (Å²) in [5.74, 6) is 2.60. The van der Waals surface area contributed by atoms with Crippen LogP contribution in [0.5, 0.6) is 0 Å². The van der Waals surface area contributed by atoms with Gasteiger partial charge in [0, 0.05) is 19.6 Å². The van der Waals surface area contributed by atoms with E-state index in [0.29, 0.717) is 6.42 Å². The monoisotopic (exact) mass is 167 g/mol. The molecule has 1 rings (SSSR count). The molecule has 1 aliphatic carbocycles. The van der Waals surface area contributed by atoms with Crippen LogP contribution in [-0.4, -0.2) is 18.8 Å². The van der Waals surface area contributed by atoms with Crippen molar-refractivity contribution in [1.29, 1.82) is 0 Å². The van der Waals surface area contributed by atoms with Crippen LogP contribution in [0.2, 0.25) is 0 Å². The second-order valence-electron chi connectivity index (χ2n) is 3.49. The predicted octanol–water partition coefficient (Wildman–Crippen LogP) is 1.30. The number of hydrogen-bond acceptors (Lipinski definition) is 2. The fraction of sp³-hybridized carbons (Fsp3) is 0.800. The third-order valence-electron chi connectivity index (χ3n) is 2.87. The highest BCUT2D eigenvalue weighted by Gasteiger charge is 2.38. The number of terminal acetylenes is 1. The molecule has 0 spiro atoms. The maximum Gasteiger partial charge on any atom is 0.0838 e. The van der Waals surface area contributed by atoms with Crippen molar-refractivity contribution in [3.8, 4) is 12.3 Å². The molecule has 2 heteroatoms. The molecule has 0 bridgehead atoms. The van der Waals surface area contributed by atoms with Crippen LogP contribution in [0.3, 0.4) is 0 Å². The van der Waals surface area contributed by atoms with Crippen molar-refractivity contribution >= 4 is 0 Å². The van der Waals surface area contributed by atoms with E-state index in [9.17, 15) is 0 Å². The molecule has 68 valence electrons. The summed E-state index contributed by atoms with van der Waals surface area (Å²) in [5, 5.41) is 0. The smallest absolute Gasteiger partial charge is 0.0838 e. The van der Waals surface area contributed by atoms with Gasteiger partial charge in [0.2, 0.25) is 0 Å². The van der Waals surface area contributed by atoms with E-state index >= 15 is 0 Å². The number of nitrogens with two attached hydrogens (primary N) is 1. The van der Waals surface area contributed by atoms with Crippen molar-refractivity contribution in [3.05, 3.63) is 0 Å². The zero-order chi connectivity index (χ0) is 9.03. The van der Waals surface area contributed by atoms with Gasteiger partial charge in [-0.15, -0.1) is 12.3 Å². The molecule has 2 nitrogen and oxygen atoms in total. The van der Waals surface area contributed by atoms with E-state index < -0.39 is 0 Å². The van der Waals surface area contributed by atoms with E-state index in [1.54, 1.807) is 7.11 Å². The maximum absolute atomic E-state index is 5.97. The van der Waals surface area contributed by atoms with Gasteiger partial charge in [-0.2, -0.15) is 0 Å². The van der Waals surface area contributed by atoms with Crippen molar-refractivity contribution in [1.82, 2.24) is 0 Å². The third kappa shape index (κ3) is 1.63. The van der Waals surface area contributed by atoms with E-state index in [0.717, 1.165) is 12.8 Å². The topological polar surface area (TPSA) is 35.2 Å². The van der Waals surface area contributed by atoms with Gasteiger partial charge in [0.05, 0.1) is 5.60 Å². The second-order valence-corrected chi connectivity index (χ2v) is 3.49. The summed E-state index contributed by atoms with van der Waals surface area (Å²) < 4.78 is 5.49. The van der Waals surface area contributed by atoms with Crippen LogP contribution in [-0.2, 0) is 4.74 Å². The van der Waals surface area contributed by atoms with Gasteiger partial charge in [0.1, 0.15) is 0 Å². The van der Waals surface area contributed by atoms with Crippen LogP contribution in [0.4, 0.5) is 0 Å². The minimum Gasteiger partial charge on any atom is -0.377 e. The van der Waals surface area contributed by atoms with Crippen molar-refractivity contribution in [3.63, 3.8) is 0 Å². The van der Waals surface area contributed by atoms with E-state index in [-0.39, 0.29) is 11.6 Å². The number of methoxy groups -OCH3 is 1. The van der Waals surface area contributed by atoms with Gasteiger partial charge in [0.25, 0.3) is 0 Å².